The molecule has 1 unspecified atom stereocenters. The molecule has 3 rings (SSSR count). The highest BCUT2D eigenvalue weighted by Crippen LogP contribution is 2.29. The molecular weight excluding hydrogens is 322 g/mol. The van der Waals surface area contributed by atoms with Crippen molar-refractivity contribution >= 4 is 34.5 Å². The molecule has 0 aliphatic carbocycles. The lowest BCUT2D eigenvalue weighted by molar-refractivity contribution is -0.121. The van der Waals surface area contributed by atoms with Gasteiger partial charge in [-0.25, -0.2) is 0 Å². The number of rotatable bonds is 4. The maximum atomic E-state index is 12.6. The number of nitrogens with zero attached hydrogens (tertiary/aromatic N) is 1. The Bertz CT molecular complexity index is 784. The molecule has 1 atom stereocenters. The van der Waals surface area contributed by atoms with Crippen molar-refractivity contribution in [3.05, 3.63) is 45.6 Å². The first-order chi connectivity index (χ1) is 11.5. The van der Waals surface area contributed by atoms with Crippen molar-refractivity contribution in [1.82, 2.24) is 5.32 Å². The van der Waals surface area contributed by atoms with E-state index in [-0.39, 0.29) is 30.9 Å². The minimum atomic E-state index is -0.167. The number of fused-ring (bicyclic) bond motifs is 1. The number of carbonyl (C=O) groups is 2. The number of anilines is 2. The molecule has 0 fully saturated rings. The zero-order chi connectivity index (χ0) is 17.3. The van der Waals surface area contributed by atoms with E-state index in [2.05, 4.69) is 37.5 Å². The van der Waals surface area contributed by atoms with E-state index in [1.54, 1.807) is 22.3 Å². The zero-order valence-electron chi connectivity index (χ0n) is 14.1. The van der Waals surface area contributed by atoms with Gasteiger partial charge >= 0.3 is 0 Å². The van der Waals surface area contributed by atoms with Gasteiger partial charge in [-0.2, -0.15) is 0 Å². The molecule has 0 saturated heterocycles. The van der Waals surface area contributed by atoms with Crippen LogP contribution in [0.25, 0.3) is 0 Å². The lowest BCUT2D eigenvalue weighted by Gasteiger charge is -2.29. The topological polar surface area (TPSA) is 61.4 Å². The van der Waals surface area contributed by atoms with Crippen LogP contribution in [0.2, 0.25) is 0 Å². The molecule has 1 aromatic carbocycles. The molecule has 2 N–H and O–H groups in total. The van der Waals surface area contributed by atoms with Gasteiger partial charge in [0.05, 0.1) is 17.9 Å². The first kappa shape index (κ1) is 16.7. The maximum absolute atomic E-state index is 12.6. The average Bonchev–Trinajstić information content (AvgIpc) is 2.90. The van der Waals surface area contributed by atoms with Crippen LogP contribution in [0.5, 0.6) is 0 Å². The Balaban J connectivity index is 1.69. The van der Waals surface area contributed by atoms with Gasteiger partial charge in [-0.1, -0.05) is 12.1 Å². The molecule has 0 saturated carbocycles. The molecule has 2 heterocycles. The van der Waals surface area contributed by atoms with E-state index in [1.165, 1.54) is 15.3 Å². The van der Waals surface area contributed by atoms with Crippen LogP contribution < -0.4 is 15.5 Å². The first-order valence-corrected chi connectivity index (χ1v) is 8.77. The predicted molar refractivity (Wildman–Crippen MR) is 97.6 cm³/mol. The number of amides is 2. The van der Waals surface area contributed by atoms with Crippen molar-refractivity contribution < 1.29 is 9.59 Å². The van der Waals surface area contributed by atoms with Crippen LogP contribution in [0.3, 0.4) is 0 Å². The van der Waals surface area contributed by atoms with Crippen molar-refractivity contribution in [3.63, 3.8) is 0 Å². The van der Waals surface area contributed by atoms with E-state index in [0.29, 0.717) is 5.69 Å². The largest absolute Gasteiger partial charge is 0.323 e. The maximum Gasteiger partial charge on any atom is 0.244 e. The van der Waals surface area contributed by atoms with Crippen LogP contribution in [0.4, 0.5) is 11.4 Å². The summed E-state index contributed by atoms with van der Waals surface area (Å²) < 4.78 is 0. The van der Waals surface area contributed by atoms with Gasteiger partial charge in [0.1, 0.15) is 6.54 Å². The second kappa shape index (κ2) is 6.75. The minimum absolute atomic E-state index is 0.0580. The second-order valence-electron chi connectivity index (χ2n) is 6.02. The molecule has 1 aromatic heterocycles. The van der Waals surface area contributed by atoms with Crippen molar-refractivity contribution in [2.45, 2.75) is 26.8 Å². The highest BCUT2D eigenvalue weighted by atomic mass is 32.1. The van der Waals surface area contributed by atoms with Gasteiger partial charge in [0.15, 0.2) is 0 Å². The van der Waals surface area contributed by atoms with Crippen LogP contribution in [-0.2, 0) is 9.59 Å². The third-order valence-electron chi connectivity index (χ3n) is 4.18. The van der Waals surface area contributed by atoms with Gasteiger partial charge in [0.25, 0.3) is 0 Å². The molecular formula is C18H21N3O2S. The van der Waals surface area contributed by atoms with Crippen molar-refractivity contribution in [2.24, 2.45) is 0 Å². The molecule has 126 valence electrons. The SMILES string of the molecule is Cc1cc(C(C)NCC(=O)N2CC(=O)Nc3ccccc32)c(C)s1. The number of para-hydroxylation sites is 2. The average molecular weight is 343 g/mol. The third-order valence-corrected chi connectivity index (χ3v) is 5.16. The fourth-order valence-corrected chi connectivity index (χ4v) is 4.00. The number of nitrogens with one attached hydrogen (secondary N) is 2. The summed E-state index contributed by atoms with van der Waals surface area (Å²) in [6.45, 7) is 6.48. The minimum Gasteiger partial charge on any atom is -0.323 e. The summed E-state index contributed by atoms with van der Waals surface area (Å²) in [7, 11) is 0. The monoisotopic (exact) mass is 343 g/mol. The van der Waals surface area contributed by atoms with E-state index in [4.69, 9.17) is 0 Å². The summed E-state index contributed by atoms with van der Waals surface area (Å²) in [6.07, 6.45) is 0. The predicted octanol–water partition coefficient (Wildman–Crippen LogP) is 3.00. The fraction of sp³-hybridized carbons (Fsp3) is 0.333. The van der Waals surface area contributed by atoms with Crippen LogP contribution in [0.1, 0.15) is 28.3 Å². The Morgan fingerprint density at radius 3 is 2.83 bits per heavy atom. The van der Waals surface area contributed by atoms with Gasteiger partial charge in [0.2, 0.25) is 11.8 Å². The zero-order valence-corrected chi connectivity index (χ0v) is 14.9. The van der Waals surface area contributed by atoms with Crippen LogP contribution in [-0.4, -0.2) is 24.9 Å². The lowest BCUT2D eigenvalue weighted by atomic mass is 10.1. The number of carbonyl (C=O) groups excluding carboxylic acids is 2. The Morgan fingerprint density at radius 2 is 2.12 bits per heavy atom. The summed E-state index contributed by atoms with van der Waals surface area (Å²) in [5.74, 6) is -0.270. The Hall–Kier alpha value is -2.18. The molecule has 0 spiro atoms. The first-order valence-electron chi connectivity index (χ1n) is 7.95. The highest BCUT2D eigenvalue weighted by molar-refractivity contribution is 7.12. The van der Waals surface area contributed by atoms with Gasteiger partial charge in [-0.05, 0) is 44.5 Å². The van der Waals surface area contributed by atoms with Gasteiger partial charge in [-0.15, -0.1) is 11.3 Å². The number of benzene rings is 1. The Kier molecular flexibility index (Phi) is 4.69. The number of thiophene rings is 1. The molecule has 2 aromatic rings. The van der Waals surface area contributed by atoms with Crippen molar-refractivity contribution in [1.29, 1.82) is 0 Å². The van der Waals surface area contributed by atoms with Gasteiger partial charge in [-0.3, -0.25) is 14.5 Å². The van der Waals surface area contributed by atoms with Crippen molar-refractivity contribution in [3.8, 4) is 0 Å². The Labute approximate surface area is 145 Å². The molecule has 1 aliphatic heterocycles. The molecule has 6 heteroatoms. The number of hydrogen-bond acceptors (Lipinski definition) is 4. The molecule has 24 heavy (non-hydrogen) atoms. The summed E-state index contributed by atoms with van der Waals surface area (Å²) in [4.78, 5) is 28.5. The number of hydrogen-bond donors (Lipinski definition) is 2. The second-order valence-corrected chi connectivity index (χ2v) is 7.48. The molecule has 5 nitrogen and oxygen atoms in total. The highest BCUT2D eigenvalue weighted by Gasteiger charge is 2.26. The standard InChI is InChI=1S/C18H21N3O2S/c1-11-8-14(13(3)24-11)12(2)19-9-18(23)21-10-17(22)20-15-6-4-5-7-16(15)21/h4-8,12,19H,9-10H2,1-3H3,(H,20,22). The third kappa shape index (κ3) is 3.34. The lowest BCUT2D eigenvalue weighted by Crippen LogP contribution is -2.46. The van der Waals surface area contributed by atoms with Gasteiger partial charge in [0, 0.05) is 15.8 Å². The van der Waals surface area contributed by atoms with E-state index in [0.717, 1.165) is 5.69 Å². The summed E-state index contributed by atoms with van der Waals surface area (Å²) in [6, 6.07) is 9.61. The molecule has 1 aliphatic rings. The smallest absolute Gasteiger partial charge is 0.244 e. The molecule has 0 bridgehead atoms. The van der Waals surface area contributed by atoms with E-state index >= 15 is 0 Å². The van der Waals surface area contributed by atoms with E-state index in [1.807, 2.05) is 18.2 Å². The van der Waals surface area contributed by atoms with Crippen LogP contribution in [0.15, 0.2) is 30.3 Å². The molecule has 0 radical (unpaired) electrons. The normalized spacial score (nSPS) is 15.0. The van der Waals surface area contributed by atoms with E-state index in [9.17, 15) is 9.59 Å². The fourth-order valence-electron chi connectivity index (χ4n) is 2.98. The molecule has 2 amide bonds. The van der Waals surface area contributed by atoms with E-state index < -0.39 is 0 Å². The van der Waals surface area contributed by atoms with Crippen LogP contribution in [0, 0.1) is 13.8 Å². The number of aryl methyl sites for hydroxylation is 2. The van der Waals surface area contributed by atoms with Crippen molar-refractivity contribution in [2.75, 3.05) is 23.3 Å². The summed E-state index contributed by atoms with van der Waals surface area (Å²) in [5.41, 5.74) is 2.65. The van der Waals surface area contributed by atoms with Gasteiger partial charge < -0.3 is 10.6 Å². The quantitative estimate of drug-likeness (QED) is 0.897. The summed E-state index contributed by atoms with van der Waals surface area (Å²) in [5, 5.41) is 6.07. The van der Waals surface area contributed by atoms with Crippen LogP contribution >= 0.6 is 11.3 Å². The summed E-state index contributed by atoms with van der Waals surface area (Å²) >= 11 is 1.76. The Morgan fingerprint density at radius 1 is 1.38 bits per heavy atom.